The molecule has 0 aliphatic carbocycles. The van der Waals surface area contributed by atoms with Crippen LogP contribution in [0.25, 0.3) is 108 Å². The first-order valence-electron chi connectivity index (χ1n) is 18.6. The highest BCUT2D eigenvalue weighted by atomic mass is 15.1. The van der Waals surface area contributed by atoms with Gasteiger partial charge in [0.2, 0.25) is 0 Å². The molecule has 0 aliphatic heterocycles. The summed E-state index contributed by atoms with van der Waals surface area (Å²) < 4.78 is 6.88. The van der Waals surface area contributed by atoms with Crippen LogP contribution in [0.4, 0.5) is 17.1 Å². The van der Waals surface area contributed by atoms with Crippen molar-refractivity contribution in [2.24, 2.45) is 0 Å². The zero-order chi connectivity index (χ0) is 38.2. The summed E-state index contributed by atoms with van der Waals surface area (Å²) in [5, 5.41) is 6.51. The Morgan fingerprint density at radius 3 is 1.47 bits per heavy atom. The highest BCUT2D eigenvalue weighted by Gasteiger charge is 2.21. The fourth-order valence-electron chi connectivity index (χ4n) is 8.83. The molecule has 0 aliphatic rings. The van der Waals surface area contributed by atoms with Crippen LogP contribution in [0.5, 0.6) is 0 Å². The second-order valence-corrected chi connectivity index (χ2v) is 14.3. The van der Waals surface area contributed by atoms with Crippen molar-refractivity contribution < 1.29 is 0 Å². The Bertz CT molecular complexity index is 3580. The third-order valence-corrected chi connectivity index (χ3v) is 11.2. The van der Waals surface area contributed by atoms with Gasteiger partial charge >= 0.3 is 0 Å². The molecule has 11 aromatic rings. The molecule has 0 saturated heterocycles. The molecule has 3 heterocycles. The van der Waals surface area contributed by atoms with Crippen molar-refractivity contribution in [1.82, 2.24) is 13.7 Å². The number of nitrogens with zero attached hydrogens (tertiary/aromatic N) is 6. The fourth-order valence-corrected chi connectivity index (χ4v) is 8.83. The van der Waals surface area contributed by atoms with Crippen LogP contribution in [-0.2, 0) is 0 Å². The molecule has 0 radical (unpaired) electrons. The molecule has 3 aromatic heterocycles. The molecular weight excluding hydrogens is 697 g/mol. The number of para-hydroxylation sites is 4. The van der Waals surface area contributed by atoms with Gasteiger partial charge in [-0.1, -0.05) is 91.0 Å². The van der Waals surface area contributed by atoms with E-state index in [2.05, 4.69) is 143 Å². The fraction of sp³-hybridized carbons (Fsp3) is 0. The first-order chi connectivity index (χ1) is 28.1. The van der Waals surface area contributed by atoms with E-state index in [1.807, 2.05) is 54.6 Å². The van der Waals surface area contributed by atoms with E-state index in [0.717, 1.165) is 82.8 Å². The summed E-state index contributed by atoms with van der Waals surface area (Å²) in [6.07, 6.45) is 0. The van der Waals surface area contributed by atoms with Gasteiger partial charge in [-0.2, -0.15) is 0 Å². The standard InChI is InChI=1S/C51H28N6/c1-52-34-22-24-48-43(30-34)41-16-6-7-18-45(41)55(48)38-28-33(26-36(29-38)54-3)32-12-10-13-37(27-32)56-49-25-23-35(53-2)31-44(49)42-17-11-21-50(51(42)56)57-46-19-8-4-14-39(46)40-15-5-9-20-47(40)57/h4-31H. The summed E-state index contributed by atoms with van der Waals surface area (Å²) in [5.74, 6) is 0. The SMILES string of the molecule is [C-]#[N+]c1cc(-c2cccc(-n3c4ccc([N+]#[C-])cc4c4cccc(-n5c6ccccc6c6ccccc65)c43)c2)cc(-n2c3ccccc3c3cc([N+]#[C-])ccc32)c1. The molecule has 0 amide bonds. The lowest BCUT2D eigenvalue weighted by atomic mass is 10.0. The van der Waals surface area contributed by atoms with E-state index in [4.69, 9.17) is 19.7 Å². The second-order valence-electron chi connectivity index (χ2n) is 14.3. The Labute approximate surface area is 327 Å². The highest BCUT2D eigenvalue weighted by Crippen LogP contribution is 2.42. The highest BCUT2D eigenvalue weighted by molar-refractivity contribution is 6.16. The van der Waals surface area contributed by atoms with Gasteiger partial charge < -0.3 is 13.7 Å². The maximum atomic E-state index is 8.14. The predicted molar refractivity (Wildman–Crippen MR) is 234 cm³/mol. The monoisotopic (exact) mass is 724 g/mol. The molecule has 0 spiro atoms. The quantitative estimate of drug-likeness (QED) is 0.162. The Balaban J connectivity index is 1.17. The van der Waals surface area contributed by atoms with Crippen LogP contribution >= 0.6 is 0 Å². The molecule has 11 rings (SSSR count). The number of rotatable bonds is 4. The lowest BCUT2D eigenvalue weighted by Gasteiger charge is -2.16. The maximum Gasteiger partial charge on any atom is 0.189 e. The molecule has 0 unspecified atom stereocenters. The first kappa shape index (κ1) is 32.1. The predicted octanol–water partition coefficient (Wildman–Crippen LogP) is 14.3. The van der Waals surface area contributed by atoms with Crippen molar-refractivity contribution in [2.75, 3.05) is 0 Å². The average molecular weight is 725 g/mol. The first-order valence-corrected chi connectivity index (χ1v) is 18.6. The van der Waals surface area contributed by atoms with Crippen LogP contribution in [0.15, 0.2) is 170 Å². The van der Waals surface area contributed by atoms with Gasteiger partial charge in [-0.3, -0.25) is 0 Å². The summed E-state index contributed by atoms with van der Waals surface area (Å²) in [7, 11) is 0. The molecular formula is C51H28N6. The molecule has 6 heteroatoms. The number of hydrogen-bond acceptors (Lipinski definition) is 0. The van der Waals surface area contributed by atoms with Gasteiger partial charge in [-0.15, -0.1) is 0 Å². The zero-order valence-electron chi connectivity index (χ0n) is 30.3. The van der Waals surface area contributed by atoms with E-state index in [9.17, 15) is 0 Å². The Morgan fingerprint density at radius 2 is 0.825 bits per heavy atom. The van der Waals surface area contributed by atoms with E-state index in [1.54, 1.807) is 0 Å². The van der Waals surface area contributed by atoms with Gasteiger partial charge in [0.15, 0.2) is 17.1 Å². The van der Waals surface area contributed by atoms with E-state index in [1.165, 1.54) is 10.8 Å². The van der Waals surface area contributed by atoms with Crippen molar-refractivity contribution in [3.8, 4) is 28.2 Å². The molecule has 0 N–H and O–H groups in total. The topological polar surface area (TPSA) is 27.9 Å². The van der Waals surface area contributed by atoms with Crippen molar-refractivity contribution in [3.63, 3.8) is 0 Å². The summed E-state index contributed by atoms with van der Waals surface area (Å²) in [4.78, 5) is 11.4. The Hall–Kier alpha value is -8.37. The van der Waals surface area contributed by atoms with Gasteiger partial charge in [-0.05, 0) is 101 Å². The van der Waals surface area contributed by atoms with E-state index >= 15 is 0 Å². The Morgan fingerprint density at radius 1 is 0.316 bits per heavy atom. The second kappa shape index (κ2) is 12.3. The van der Waals surface area contributed by atoms with Crippen molar-refractivity contribution in [3.05, 3.63) is 204 Å². The van der Waals surface area contributed by atoms with Gasteiger partial charge in [0.25, 0.3) is 0 Å². The van der Waals surface area contributed by atoms with Crippen LogP contribution in [0.2, 0.25) is 0 Å². The van der Waals surface area contributed by atoms with Crippen LogP contribution < -0.4 is 0 Å². The van der Waals surface area contributed by atoms with E-state index in [0.29, 0.717) is 17.1 Å². The average Bonchev–Trinajstić information content (AvgIpc) is 3.91. The minimum Gasteiger partial charge on any atom is -0.311 e. The third kappa shape index (κ3) is 4.74. The molecule has 0 bridgehead atoms. The maximum absolute atomic E-state index is 8.14. The lowest BCUT2D eigenvalue weighted by molar-refractivity contribution is 1.13. The van der Waals surface area contributed by atoms with Crippen LogP contribution in [0.1, 0.15) is 0 Å². The Kier molecular flexibility index (Phi) is 6.95. The summed E-state index contributed by atoms with van der Waals surface area (Å²) in [6, 6.07) is 58.1. The zero-order valence-corrected chi connectivity index (χ0v) is 30.3. The largest absolute Gasteiger partial charge is 0.311 e. The van der Waals surface area contributed by atoms with Crippen molar-refractivity contribution >= 4 is 82.5 Å². The molecule has 0 atom stereocenters. The minimum absolute atomic E-state index is 0.536. The summed E-state index contributed by atoms with van der Waals surface area (Å²) in [6.45, 7) is 23.6. The molecule has 6 nitrogen and oxygen atoms in total. The number of benzene rings is 8. The van der Waals surface area contributed by atoms with Gasteiger partial charge in [0.1, 0.15) is 0 Å². The van der Waals surface area contributed by atoms with E-state index in [-0.39, 0.29) is 0 Å². The van der Waals surface area contributed by atoms with Crippen molar-refractivity contribution in [1.29, 1.82) is 0 Å². The lowest BCUT2D eigenvalue weighted by Crippen LogP contribution is -2.01. The smallest absolute Gasteiger partial charge is 0.189 e. The molecule has 8 aromatic carbocycles. The normalized spacial score (nSPS) is 11.5. The van der Waals surface area contributed by atoms with Gasteiger partial charge in [-0.25, -0.2) is 14.5 Å². The van der Waals surface area contributed by atoms with E-state index < -0.39 is 0 Å². The number of fused-ring (bicyclic) bond motifs is 9. The molecule has 0 saturated carbocycles. The molecule has 262 valence electrons. The van der Waals surface area contributed by atoms with Crippen LogP contribution in [0.3, 0.4) is 0 Å². The van der Waals surface area contributed by atoms with Gasteiger partial charge in [0, 0.05) is 32.9 Å². The van der Waals surface area contributed by atoms with Crippen LogP contribution in [0, 0.1) is 19.7 Å². The number of hydrogen-bond donors (Lipinski definition) is 0. The van der Waals surface area contributed by atoms with Crippen molar-refractivity contribution in [2.45, 2.75) is 0 Å². The van der Waals surface area contributed by atoms with Gasteiger partial charge in [0.05, 0.1) is 58.5 Å². The minimum atomic E-state index is 0.536. The summed E-state index contributed by atoms with van der Waals surface area (Å²) >= 11 is 0. The third-order valence-electron chi connectivity index (χ3n) is 11.2. The molecule has 57 heavy (non-hydrogen) atoms. The molecule has 0 fully saturated rings. The summed E-state index contributed by atoms with van der Waals surface area (Å²) in [5.41, 5.74) is 12.8. The number of aromatic nitrogens is 3. The van der Waals surface area contributed by atoms with Crippen LogP contribution in [-0.4, -0.2) is 13.7 Å².